The first-order chi connectivity index (χ1) is 9.11. The van der Waals surface area contributed by atoms with Crippen LogP contribution in [-0.2, 0) is 0 Å². The van der Waals surface area contributed by atoms with Gasteiger partial charge in [0.2, 0.25) is 0 Å². The summed E-state index contributed by atoms with van der Waals surface area (Å²) >= 11 is 0. The third kappa shape index (κ3) is 3.21. The topological polar surface area (TPSA) is 38.9 Å². The maximum absolute atomic E-state index is 5.63. The minimum absolute atomic E-state index is 0.462. The first kappa shape index (κ1) is 13.8. The largest absolute Gasteiger partial charge is 0.330 e. The van der Waals surface area contributed by atoms with Crippen molar-refractivity contribution in [2.45, 2.75) is 33.1 Å². The smallest absolute Gasteiger partial charge is 0.0346 e. The van der Waals surface area contributed by atoms with Crippen molar-refractivity contribution >= 4 is 0 Å². The number of pyridine rings is 1. The zero-order chi connectivity index (χ0) is 13.8. The molecule has 0 aliphatic rings. The average molecular weight is 254 g/mol. The molecular formula is C17H22N2. The highest BCUT2D eigenvalue weighted by Gasteiger charge is 2.07. The van der Waals surface area contributed by atoms with E-state index in [1.807, 2.05) is 12.4 Å². The minimum atomic E-state index is 0.462. The summed E-state index contributed by atoms with van der Waals surface area (Å²) in [5.41, 5.74) is 12.0. The van der Waals surface area contributed by atoms with Gasteiger partial charge in [-0.25, -0.2) is 0 Å². The molecule has 1 aromatic heterocycles. The van der Waals surface area contributed by atoms with Crippen LogP contribution < -0.4 is 5.73 Å². The maximum Gasteiger partial charge on any atom is 0.0346 e. The Morgan fingerprint density at radius 2 is 1.84 bits per heavy atom. The number of aromatic nitrogens is 1. The molecule has 1 atom stereocenters. The van der Waals surface area contributed by atoms with E-state index in [0.717, 1.165) is 13.0 Å². The van der Waals surface area contributed by atoms with Gasteiger partial charge in [-0.2, -0.15) is 0 Å². The van der Waals surface area contributed by atoms with Gasteiger partial charge >= 0.3 is 0 Å². The molecule has 0 aliphatic carbocycles. The Hall–Kier alpha value is -1.67. The molecule has 2 nitrogen and oxygen atoms in total. The molecule has 0 radical (unpaired) electrons. The molecule has 1 aromatic carbocycles. The van der Waals surface area contributed by atoms with E-state index in [9.17, 15) is 0 Å². The van der Waals surface area contributed by atoms with E-state index in [1.54, 1.807) is 0 Å². The number of benzene rings is 1. The van der Waals surface area contributed by atoms with E-state index in [4.69, 9.17) is 5.73 Å². The van der Waals surface area contributed by atoms with Crippen molar-refractivity contribution in [3.63, 3.8) is 0 Å². The molecule has 0 spiro atoms. The Morgan fingerprint density at radius 1 is 1.05 bits per heavy atom. The quantitative estimate of drug-likeness (QED) is 0.901. The number of hydrogen-bond acceptors (Lipinski definition) is 2. The molecule has 0 fully saturated rings. The van der Waals surface area contributed by atoms with E-state index < -0.39 is 0 Å². The minimum Gasteiger partial charge on any atom is -0.330 e. The van der Waals surface area contributed by atoms with Gasteiger partial charge in [0.25, 0.3) is 0 Å². The zero-order valence-corrected chi connectivity index (χ0v) is 12.0. The molecule has 2 rings (SSSR count). The van der Waals surface area contributed by atoms with Crippen LogP contribution in [0.15, 0.2) is 36.7 Å². The predicted octanol–water partition coefficient (Wildman–Crippen LogP) is 3.82. The monoisotopic (exact) mass is 254 g/mol. The SMILES string of the molecule is Cc1ccc(-c2cncc(C(C)CCN)c2)cc1C. The highest BCUT2D eigenvalue weighted by molar-refractivity contribution is 5.64. The van der Waals surface area contributed by atoms with Crippen molar-refractivity contribution in [1.82, 2.24) is 4.98 Å². The molecule has 0 bridgehead atoms. The van der Waals surface area contributed by atoms with E-state index in [0.29, 0.717) is 5.92 Å². The van der Waals surface area contributed by atoms with Gasteiger partial charge < -0.3 is 5.73 Å². The molecule has 0 saturated carbocycles. The summed E-state index contributed by atoms with van der Waals surface area (Å²) in [6.45, 7) is 7.20. The predicted molar refractivity (Wildman–Crippen MR) is 81.2 cm³/mol. The summed E-state index contributed by atoms with van der Waals surface area (Å²) < 4.78 is 0. The third-order valence-corrected chi connectivity index (χ3v) is 3.77. The average Bonchev–Trinajstić information content (AvgIpc) is 2.42. The Balaban J connectivity index is 2.34. The van der Waals surface area contributed by atoms with E-state index in [2.05, 4.69) is 50.0 Å². The van der Waals surface area contributed by atoms with Gasteiger partial charge in [0.1, 0.15) is 0 Å². The van der Waals surface area contributed by atoms with Gasteiger partial charge in [0.05, 0.1) is 0 Å². The summed E-state index contributed by atoms with van der Waals surface area (Å²) in [5.74, 6) is 0.462. The summed E-state index contributed by atoms with van der Waals surface area (Å²) in [6.07, 6.45) is 4.88. The highest BCUT2D eigenvalue weighted by Crippen LogP contribution is 2.25. The summed E-state index contributed by atoms with van der Waals surface area (Å²) in [7, 11) is 0. The molecule has 0 aliphatic heterocycles. The van der Waals surface area contributed by atoms with Crippen molar-refractivity contribution in [1.29, 1.82) is 0 Å². The van der Waals surface area contributed by atoms with E-state index in [1.165, 1.54) is 27.8 Å². The second kappa shape index (κ2) is 5.98. The number of nitrogens with zero attached hydrogens (tertiary/aromatic N) is 1. The van der Waals surface area contributed by atoms with Crippen LogP contribution in [-0.4, -0.2) is 11.5 Å². The fraction of sp³-hybridized carbons (Fsp3) is 0.353. The van der Waals surface area contributed by atoms with Crippen LogP contribution in [0.1, 0.15) is 36.0 Å². The number of aryl methyl sites for hydroxylation is 2. The number of rotatable bonds is 4. The Labute approximate surface area is 115 Å². The van der Waals surface area contributed by atoms with Gasteiger partial charge in [-0.15, -0.1) is 0 Å². The molecule has 1 heterocycles. The highest BCUT2D eigenvalue weighted by atomic mass is 14.6. The zero-order valence-electron chi connectivity index (χ0n) is 12.0. The van der Waals surface area contributed by atoms with Crippen molar-refractivity contribution in [2.24, 2.45) is 5.73 Å². The molecule has 2 N–H and O–H groups in total. The van der Waals surface area contributed by atoms with Gasteiger partial charge in [0.15, 0.2) is 0 Å². The molecule has 2 heteroatoms. The van der Waals surface area contributed by atoms with Crippen LogP contribution in [0.2, 0.25) is 0 Å². The second-order valence-electron chi connectivity index (χ2n) is 5.28. The summed E-state index contributed by atoms with van der Waals surface area (Å²) in [4.78, 5) is 4.38. The lowest BCUT2D eigenvalue weighted by Gasteiger charge is -2.12. The van der Waals surface area contributed by atoms with Gasteiger partial charge in [-0.3, -0.25) is 4.98 Å². The molecule has 0 amide bonds. The molecule has 19 heavy (non-hydrogen) atoms. The molecule has 100 valence electrons. The Bertz CT molecular complexity index is 561. The Kier molecular flexibility index (Phi) is 4.33. The lowest BCUT2D eigenvalue weighted by Crippen LogP contribution is -2.04. The summed E-state index contributed by atoms with van der Waals surface area (Å²) in [6, 6.07) is 8.79. The van der Waals surface area contributed by atoms with Crippen LogP contribution in [0.3, 0.4) is 0 Å². The first-order valence-electron chi connectivity index (χ1n) is 6.84. The lowest BCUT2D eigenvalue weighted by molar-refractivity contribution is 0.687. The molecular weight excluding hydrogens is 232 g/mol. The maximum atomic E-state index is 5.63. The van der Waals surface area contributed by atoms with Gasteiger partial charge in [0, 0.05) is 18.0 Å². The van der Waals surface area contributed by atoms with Crippen LogP contribution in [0, 0.1) is 13.8 Å². The van der Waals surface area contributed by atoms with Crippen molar-refractivity contribution < 1.29 is 0 Å². The van der Waals surface area contributed by atoms with Gasteiger partial charge in [-0.05, 0) is 61.1 Å². The van der Waals surface area contributed by atoms with E-state index >= 15 is 0 Å². The lowest BCUT2D eigenvalue weighted by atomic mass is 9.95. The van der Waals surface area contributed by atoms with Crippen LogP contribution >= 0.6 is 0 Å². The standard InChI is InChI=1S/C17H22N2/c1-12-4-5-15(8-14(12)3)17-9-16(10-19-11-17)13(2)6-7-18/h4-5,8-11,13H,6-7,18H2,1-3H3. The molecule has 1 unspecified atom stereocenters. The van der Waals surface area contributed by atoms with Gasteiger partial charge in [-0.1, -0.05) is 25.1 Å². The molecule has 2 aromatic rings. The first-order valence-corrected chi connectivity index (χ1v) is 6.84. The van der Waals surface area contributed by atoms with Crippen LogP contribution in [0.4, 0.5) is 0 Å². The summed E-state index contributed by atoms with van der Waals surface area (Å²) in [5, 5.41) is 0. The van der Waals surface area contributed by atoms with Crippen molar-refractivity contribution in [3.05, 3.63) is 53.3 Å². The third-order valence-electron chi connectivity index (χ3n) is 3.77. The second-order valence-corrected chi connectivity index (χ2v) is 5.28. The fourth-order valence-corrected chi connectivity index (χ4v) is 2.22. The number of nitrogens with two attached hydrogens (primary N) is 1. The van der Waals surface area contributed by atoms with Crippen molar-refractivity contribution in [2.75, 3.05) is 6.54 Å². The van der Waals surface area contributed by atoms with E-state index in [-0.39, 0.29) is 0 Å². The number of hydrogen-bond donors (Lipinski definition) is 1. The molecule has 0 saturated heterocycles. The normalized spacial score (nSPS) is 12.4. The fourth-order valence-electron chi connectivity index (χ4n) is 2.22. The van der Waals surface area contributed by atoms with Crippen molar-refractivity contribution in [3.8, 4) is 11.1 Å². The Morgan fingerprint density at radius 3 is 2.53 bits per heavy atom. The van der Waals surface area contributed by atoms with Crippen LogP contribution in [0.25, 0.3) is 11.1 Å². The van der Waals surface area contributed by atoms with Crippen LogP contribution in [0.5, 0.6) is 0 Å².